The number of rotatable bonds is 23. The van der Waals surface area contributed by atoms with Crippen LogP contribution >= 0.6 is 0 Å². The molecule has 0 spiro atoms. The van der Waals surface area contributed by atoms with Crippen molar-refractivity contribution < 1.29 is 44.0 Å². The smallest absolute Gasteiger partial charge is 0.339 e. The van der Waals surface area contributed by atoms with E-state index >= 15 is 0 Å². The van der Waals surface area contributed by atoms with E-state index in [9.17, 15) is 34.5 Å². The number of carbonyl (C=O) groups is 4. The second kappa shape index (κ2) is 21.5. The number of aliphatic hydroxyl groups is 2. The van der Waals surface area contributed by atoms with Crippen molar-refractivity contribution in [1.82, 2.24) is 5.32 Å². The number of aliphatic hydroxyl groups excluding tert-OH is 1. The monoisotopic (exact) mass is 647 g/mol. The lowest BCUT2D eigenvalue weighted by molar-refractivity contribution is -0.185. The van der Waals surface area contributed by atoms with Crippen molar-refractivity contribution in [3.05, 3.63) is 42.0 Å². The second-order valence-corrected chi connectivity index (χ2v) is 12.9. The van der Waals surface area contributed by atoms with Gasteiger partial charge in [0, 0.05) is 32.3 Å². The minimum Gasteiger partial charge on any atom is -0.508 e. The summed E-state index contributed by atoms with van der Waals surface area (Å²) in [5.41, 5.74) is -2.76. The summed E-state index contributed by atoms with van der Waals surface area (Å²) in [5, 5.41) is 33.6. The average molecular weight is 648 g/mol. The van der Waals surface area contributed by atoms with Gasteiger partial charge in [0.1, 0.15) is 23.2 Å². The van der Waals surface area contributed by atoms with Gasteiger partial charge in [-0.25, -0.2) is 9.59 Å². The highest BCUT2D eigenvalue weighted by molar-refractivity contribution is 5.93. The molecule has 0 aromatic heterocycles. The Balaban J connectivity index is 2.97. The third-order valence-electron chi connectivity index (χ3n) is 7.68. The summed E-state index contributed by atoms with van der Waals surface area (Å²) in [6, 6.07) is 4.94. The number of unbranched alkanes of at least 4 members (excludes halogenated alkanes) is 8. The fourth-order valence-electron chi connectivity index (χ4n) is 5.07. The van der Waals surface area contributed by atoms with Crippen molar-refractivity contribution >= 4 is 23.6 Å². The normalized spacial score (nSPS) is 14.3. The highest BCUT2D eigenvalue weighted by Gasteiger charge is 2.49. The summed E-state index contributed by atoms with van der Waals surface area (Å²) in [5.74, 6) is -3.76. The predicted octanol–water partition coefficient (Wildman–Crippen LogP) is 5.49. The molecule has 4 N–H and O–H groups in total. The van der Waals surface area contributed by atoms with Crippen LogP contribution in [-0.2, 0) is 35.1 Å². The topological polar surface area (TPSA) is 159 Å². The van der Waals surface area contributed by atoms with Crippen LogP contribution in [-0.4, -0.2) is 69.9 Å². The Labute approximate surface area is 274 Å². The largest absolute Gasteiger partial charge is 0.508 e. The number of phenols is 1. The molecule has 1 unspecified atom stereocenters. The Morgan fingerprint density at radius 3 is 2.04 bits per heavy atom. The Hall–Kier alpha value is -3.24. The summed E-state index contributed by atoms with van der Waals surface area (Å²) in [6.07, 6.45) is 13.5. The molecule has 0 radical (unpaired) electrons. The standard InChI is InChI=1S/C36H57NO9/c1-6-7-8-11-14-17-28(39)18-15-12-9-10-13-16-19-30(36(44,24-25-38)34(43)46-35(2,3)4)32(41)37-31(33(42)45-5)26-27-20-22-29(40)23-21-27/h16,19-23,30-31,38,40,44H,6-15,17-18,24-26H2,1-5H3,(H,37,41)/b19-16+/t30-,31+,36?/m1/s1. The van der Waals surface area contributed by atoms with Crippen LogP contribution in [0.1, 0.15) is 117 Å². The van der Waals surface area contributed by atoms with E-state index in [1.54, 1.807) is 39.0 Å². The molecule has 0 fully saturated rings. The van der Waals surface area contributed by atoms with E-state index in [0.29, 0.717) is 30.6 Å². The first kappa shape index (κ1) is 40.8. The molecule has 260 valence electrons. The number of carbonyl (C=O) groups excluding carboxylic acids is 4. The molecule has 0 aliphatic rings. The second-order valence-electron chi connectivity index (χ2n) is 12.9. The quantitative estimate of drug-likeness (QED) is 0.0684. The minimum absolute atomic E-state index is 0.0291. The number of ketones is 1. The van der Waals surface area contributed by atoms with E-state index in [2.05, 4.69) is 12.2 Å². The van der Waals surface area contributed by atoms with Crippen LogP contribution in [0.25, 0.3) is 0 Å². The minimum atomic E-state index is -2.42. The molecule has 0 bridgehead atoms. The number of nitrogens with one attached hydrogen (secondary N) is 1. The molecular weight excluding hydrogens is 590 g/mol. The molecule has 0 aliphatic carbocycles. The molecule has 46 heavy (non-hydrogen) atoms. The van der Waals surface area contributed by atoms with E-state index in [0.717, 1.165) is 38.5 Å². The van der Waals surface area contributed by atoms with E-state index in [4.69, 9.17) is 9.47 Å². The predicted molar refractivity (Wildman–Crippen MR) is 177 cm³/mol. The van der Waals surface area contributed by atoms with Crippen LogP contribution in [0.4, 0.5) is 0 Å². The number of phenolic OH excluding ortho intramolecular Hbond substituents is 1. The van der Waals surface area contributed by atoms with Crippen molar-refractivity contribution in [2.75, 3.05) is 13.7 Å². The summed E-state index contributed by atoms with van der Waals surface area (Å²) in [6.45, 7) is 6.45. The molecule has 10 nitrogen and oxygen atoms in total. The van der Waals surface area contributed by atoms with Gasteiger partial charge in [0.2, 0.25) is 5.91 Å². The van der Waals surface area contributed by atoms with Crippen LogP contribution in [0.15, 0.2) is 36.4 Å². The molecule has 10 heteroatoms. The molecule has 1 amide bonds. The van der Waals surface area contributed by atoms with E-state index in [1.165, 1.54) is 44.6 Å². The molecular formula is C36H57NO9. The number of Topliss-reactive ketones (excluding diaryl/α,β-unsaturated/α-hetero) is 1. The van der Waals surface area contributed by atoms with Crippen LogP contribution < -0.4 is 5.32 Å². The molecule has 0 saturated heterocycles. The lowest BCUT2D eigenvalue weighted by Crippen LogP contribution is -2.56. The Morgan fingerprint density at radius 1 is 0.913 bits per heavy atom. The highest BCUT2D eigenvalue weighted by atomic mass is 16.6. The number of benzene rings is 1. The Bertz CT molecular complexity index is 1090. The zero-order valence-corrected chi connectivity index (χ0v) is 28.5. The summed E-state index contributed by atoms with van der Waals surface area (Å²) in [7, 11) is 1.18. The van der Waals surface area contributed by atoms with Crippen LogP contribution in [0, 0.1) is 5.92 Å². The van der Waals surface area contributed by atoms with Gasteiger partial charge in [0.25, 0.3) is 0 Å². The number of methoxy groups -OCH3 is 1. The van der Waals surface area contributed by atoms with Crippen LogP contribution in [0.2, 0.25) is 0 Å². The van der Waals surface area contributed by atoms with E-state index in [-0.39, 0.29) is 12.2 Å². The van der Waals surface area contributed by atoms with Gasteiger partial charge in [-0.2, -0.15) is 0 Å². The summed E-state index contributed by atoms with van der Waals surface area (Å²) >= 11 is 0. The van der Waals surface area contributed by atoms with Gasteiger partial charge >= 0.3 is 11.9 Å². The van der Waals surface area contributed by atoms with Crippen LogP contribution in [0.3, 0.4) is 0 Å². The van der Waals surface area contributed by atoms with Crippen LogP contribution in [0.5, 0.6) is 5.75 Å². The number of esters is 2. The maximum Gasteiger partial charge on any atom is 0.339 e. The molecule has 0 aliphatic heterocycles. The number of hydrogen-bond acceptors (Lipinski definition) is 9. The first-order valence-electron chi connectivity index (χ1n) is 16.7. The third kappa shape index (κ3) is 15.9. The fraction of sp³-hybridized carbons (Fsp3) is 0.667. The summed E-state index contributed by atoms with van der Waals surface area (Å²) < 4.78 is 10.3. The van der Waals surface area contributed by atoms with Crippen molar-refractivity contribution in [2.24, 2.45) is 5.92 Å². The number of hydrogen-bond donors (Lipinski definition) is 4. The van der Waals surface area contributed by atoms with Gasteiger partial charge < -0.3 is 30.1 Å². The maximum absolute atomic E-state index is 13.7. The van der Waals surface area contributed by atoms with Gasteiger partial charge in [0.15, 0.2) is 5.60 Å². The number of allylic oxidation sites excluding steroid dienone is 1. The Morgan fingerprint density at radius 2 is 1.50 bits per heavy atom. The lowest BCUT2D eigenvalue weighted by atomic mass is 9.82. The first-order chi connectivity index (χ1) is 21.8. The molecule has 1 aromatic carbocycles. The molecule has 3 atom stereocenters. The van der Waals surface area contributed by atoms with Gasteiger partial charge in [-0.05, 0) is 64.2 Å². The van der Waals surface area contributed by atoms with E-state index < -0.39 is 54.0 Å². The van der Waals surface area contributed by atoms with Crippen molar-refractivity contribution in [2.45, 2.75) is 135 Å². The van der Waals surface area contributed by atoms with Gasteiger partial charge in [-0.15, -0.1) is 0 Å². The SMILES string of the molecule is CCCCCCCC(=O)CCCCCC/C=C/[C@H](C(=O)N[C@@H](Cc1ccc(O)cc1)C(=O)OC)C(O)(CCO)C(=O)OC(C)(C)C. The lowest BCUT2D eigenvalue weighted by Gasteiger charge is -2.34. The Kier molecular flexibility index (Phi) is 19.1. The van der Waals surface area contributed by atoms with Crippen molar-refractivity contribution in [3.8, 4) is 5.75 Å². The highest BCUT2D eigenvalue weighted by Crippen LogP contribution is 2.28. The fourth-order valence-corrected chi connectivity index (χ4v) is 5.07. The third-order valence-corrected chi connectivity index (χ3v) is 7.68. The zero-order valence-electron chi connectivity index (χ0n) is 28.5. The molecule has 0 heterocycles. The first-order valence-corrected chi connectivity index (χ1v) is 16.7. The van der Waals surface area contributed by atoms with Gasteiger partial charge in [0.05, 0.1) is 13.0 Å². The molecule has 1 rings (SSSR count). The van der Waals surface area contributed by atoms with E-state index in [1.807, 2.05) is 0 Å². The molecule has 1 aromatic rings. The number of aromatic hydroxyl groups is 1. The average Bonchev–Trinajstić information content (AvgIpc) is 2.99. The van der Waals surface area contributed by atoms with Crippen molar-refractivity contribution in [1.29, 1.82) is 0 Å². The van der Waals surface area contributed by atoms with Gasteiger partial charge in [-0.1, -0.05) is 69.7 Å². The summed E-state index contributed by atoms with van der Waals surface area (Å²) in [4.78, 5) is 51.7. The van der Waals surface area contributed by atoms with Crippen molar-refractivity contribution in [3.63, 3.8) is 0 Å². The molecule has 0 saturated carbocycles. The van der Waals surface area contributed by atoms with Gasteiger partial charge in [-0.3, -0.25) is 9.59 Å². The maximum atomic E-state index is 13.7. The number of ether oxygens (including phenoxy) is 2. The number of amides is 1. The zero-order chi connectivity index (χ0) is 34.6.